The molecule has 5 heteroatoms. The van der Waals surface area contributed by atoms with E-state index in [1.54, 1.807) is 0 Å². The lowest BCUT2D eigenvalue weighted by molar-refractivity contribution is -0.133. The van der Waals surface area contributed by atoms with Crippen LogP contribution in [0.2, 0.25) is 0 Å². The Bertz CT molecular complexity index is 291. The first-order chi connectivity index (χ1) is 7.92. The van der Waals surface area contributed by atoms with Crippen molar-refractivity contribution in [1.82, 2.24) is 5.32 Å². The smallest absolute Gasteiger partial charge is 0.313 e. The van der Waals surface area contributed by atoms with E-state index in [1.807, 2.05) is 0 Å². The molecule has 1 aliphatic rings. The third-order valence-electron chi connectivity index (χ3n) is 3.30. The molecule has 1 saturated carbocycles. The molecule has 0 saturated heterocycles. The topological polar surface area (TPSA) is 66.4 Å². The highest BCUT2D eigenvalue weighted by Crippen LogP contribution is 2.35. The fourth-order valence-corrected chi connectivity index (χ4v) is 2.77. The van der Waals surface area contributed by atoms with Gasteiger partial charge in [0.05, 0.1) is 11.5 Å². The van der Waals surface area contributed by atoms with Gasteiger partial charge in [0.2, 0.25) is 5.91 Å². The Morgan fingerprint density at radius 2 is 2.06 bits per heavy atom. The van der Waals surface area contributed by atoms with Crippen LogP contribution in [0.3, 0.4) is 0 Å². The SMILES string of the molecule is CC1(C)CCCCC1NC(=O)CSCC(=O)O. The Kier molecular flexibility index (Phi) is 5.31. The number of carbonyl (C=O) groups excluding carboxylic acids is 1. The van der Waals surface area contributed by atoms with Gasteiger partial charge in [-0.2, -0.15) is 0 Å². The average molecular weight is 259 g/mol. The second kappa shape index (κ2) is 6.28. The van der Waals surface area contributed by atoms with Crippen molar-refractivity contribution in [3.05, 3.63) is 0 Å². The first kappa shape index (κ1) is 14.4. The number of carboxylic acid groups (broad SMARTS) is 1. The Morgan fingerprint density at radius 3 is 2.65 bits per heavy atom. The quantitative estimate of drug-likeness (QED) is 0.791. The Hall–Kier alpha value is -0.710. The van der Waals surface area contributed by atoms with Gasteiger partial charge in [0.1, 0.15) is 0 Å². The zero-order chi connectivity index (χ0) is 12.9. The van der Waals surface area contributed by atoms with Crippen molar-refractivity contribution < 1.29 is 14.7 Å². The summed E-state index contributed by atoms with van der Waals surface area (Å²) in [4.78, 5) is 22.0. The molecule has 17 heavy (non-hydrogen) atoms. The lowest BCUT2D eigenvalue weighted by Crippen LogP contribution is -2.47. The normalized spacial score (nSPS) is 23.1. The van der Waals surface area contributed by atoms with Gasteiger partial charge in [-0.05, 0) is 18.3 Å². The first-order valence-corrected chi connectivity index (χ1v) is 7.16. The van der Waals surface area contributed by atoms with E-state index in [0.29, 0.717) is 0 Å². The Morgan fingerprint density at radius 1 is 1.35 bits per heavy atom. The molecule has 0 radical (unpaired) electrons. The third kappa shape index (κ3) is 4.98. The summed E-state index contributed by atoms with van der Waals surface area (Å²) in [5.41, 5.74) is 0.158. The number of thioether (sulfide) groups is 1. The van der Waals surface area contributed by atoms with Gasteiger partial charge in [-0.15, -0.1) is 11.8 Å². The monoisotopic (exact) mass is 259 g/mol. The summed E-state index contributed by atoms with van der Waals surface area (Å²) < 4.78 is 0. The summed E-state index contributed by atoms with van der Waals surface area (Å²) in [5.74, 6) is -0.697. The van der Waals surface area contributed by atoms with E-state index in [4.69, 9.17) is 5.11 Å². The molecule has 1 rings (SSSR count). The van der Waals surface area contributed by atoms with E-state index < -0.39 is 5.97 Å². The fraction of sp³-hybridized carbons (Fsp3) is 0.833. The minimum absolute atomic E-state index is 0.0124. The van der Waals surface area contributed by atoms with Gasteiger partial charge in [-0.25, -0.2) is 0 Å². The third-order valence-corrected chi connectivity index (χ3v) is 4.22. The van der Waals surface area contributed by atoms with Crippen molar-refractivity contribution in [3.63, 3.8) is 0 Å². The van der Waals surface area contributed by atoms with E-state index in [-0.39, 0.29) is 28.9 Å². The molecule has 1 unspecified atom stereocenters. The zero-order valence-electron chi connectivity index (χ0n) is 10.5. The molecule has 1 amide bonds. The zero-order valence-corrected chi connectivity index (χ0v) is 11.3. The maximum absolute atomic E-state index is 11.7. The molecular formula is C12H21NO3S. The van der Waals surface area contributed by atoms with Crippen molar-refractivity contribution >= 4 is 23.6 Å². The van der Waals surface area contributed by atoms with Crippen LogP contribution in [0.25, 0.3) is 0 Å². The summed E-state index contributed by atoms with van der Waals surface area (Å²) >= 11 is 1.15. The highest BCUT2D eigenvalue weighted by atomic mass is 32.2. The molecule has 98 valence electrons. The lowest BCUT2D eigenvalue weighted by atomic mass is 9.73. The summed E-state index contributed by atoms with van der Waals surface area (Å²) in [6, 6.07) is 0.231. The van der Waals surface area contributed by atoms with Crippen LogP contribution in [0.1, 0.15) is 39.5 Å². The van der Waals surface area contributed by atoms with Gasteiger partial charge >= 0.3 is 5.97 Å². The maximum Gasteiger partial charge on any atom is 0.313 e. The molecule has 1 aliphatic carbocycles. The molecular weight excluding hydrogens is 238 g/mol. The molecule has 0 aromatic carbocycles. The predicted octanol–water partition coefficient (Wildman–Crippen LogP) is 1.89. The number of hydrogen-bond donors (Lipinski definition) is 2. The van der Waals surface area contributed by atoms with Gasteiger partial charge in [0.25, 0.3) is 0 Å². The minimum Gasteiger partial charge on any atom is -0.481 e. The predicted molar refractivity (Wildman–Crippen MR) is 69.1 cm³/mol. The van der Waals surface area contributed by atoms with E-state index in [9.17, 15) is 9.59 Å². The van der Waals surface area contributed by atoms with Crippen molar-refractivity contribution in [2.45, 2.75) is 45.6 Å². The van der Waals surface area contributed by atoms with Crippen LogP contribution < -0.4 is 5.32 Å². The number of nitrogens with one attached hydrogen (secondary N) is 1. The van der Waals surface area contributed by atoms with Gasteiger partial charge in [0.15, 0.2) is 0 Å². The highest BCUT2D eigenvalue weighted by molar-refractivity contribution is 8.00. The summed E-state index contributed by atoms with van der Waals surface area (Å²) in [5, 5.41) is 11.5. The van der Waals surface area contributed by atoms with E-state index >= 15 is 0 Å². The number of rotatable bonds is 5. The van der Waals surface area contributed by atoms with Crippen LogP contribution >= 0.6 is 11.8 Å². The van der Waals surface area contributed by atoms with Gasteiger partial charge in [-0.1, -0.05) is 26.7 Å². The van der Waals surface area contributed by atoms with Crippen LogP contribution in [-0.2, 0) is 9.59 Å². The molecule has 0 aromatic rings. The van der Waals surface area contributed by atoms with Crippen molar-refractivity contribution in [3.8, 4) is 0 Å². The molecule has 1 fully saturated rings. The standard InChI is InChI=1S/C12H21NO3S/c1-12(2)6-4-3-5-9(12)13-10(14)7-17-8-11(15)16/h9H,3-8H2,1-2H3,(H,13,14)(H,15,16). The Balaban J connectivity index is 2.32. The molecule has 4 nitrogen and oxygen atoms in total. The van der Waals surface area contributed by atoms with Crippen LogP contribution in [0.5, 0.6) is 0 Å². The molecule has 0 aliphatic heterocycles. The van der Waals surface area contributed by atoms with Crippen molar-refractivity contribution in [2.24, 2.45) is 5.41 Å². The van der Waals surface area contributed by atoms with Gasteiger partial charge < -0.3 is 10.4 Å². The number of aliphatic carboxylic acids is 1. The second-order valence-corrected chi connectivity index (χ2v) is 6.23. The number of amides is 1. The molecule has 0 aromatic heterocycles. The summed E-state index contributed by atoms with van der Waals surface area (Å²) in [6.07, 6.45) is 4.56. The van der Waals surface area contributed by atoms with E-state index in [1.165, 1.54) is 6.42 Å². The molecule has 0 spiro atoms. The lowest BCUT2D eigenvalue weighted by Gasteiger charge is -2.39. The second-order valence-electron chi connectivity index (χ2n) is 5.24. The van der Waals surface area contributed by atoms with E-state index in [0.717, 1.165) is 31.0 Å². The van der Waals surface area contributed by atoms with Crippen LogP contribution in [0.4, 0.5) is 0 Å². The highest BCUT2D eigenvalue weighted by Gasteiger charge is 2.32. The maximum atomic E-state index is 11.7. The van der Waals surface area contributed by atoms with Crippen molar-refractivity contribution in [2.75, 3.05) is 11.5 Å². The summed E-state index contributed by atoms with van der Waals surface area (Å²) in [7, 11) is 0. The average Bonchev–Trinajstić information content (AvgIpc) is 2.20. The first-order valence-electron chi connectivity index (χ1n) is 6.01. The number of carboxylic acids is 1. The molecule has 1 atom stereocenters. The van der Waals surface area contributed by atoms with E-state index in [2.05, 4.69) is 19.2 Å². The Labute approximate surface area is 107 Å². The minimum atomic E-state index is -0.874. The largest absolute Gasteiger partial charge is 0.481 e. The number of hydrogen-bond acceptors (Lipinski definition) is 3. The van der Waals surface area contributed by atoms with Gasteiger partial charge in [-0.3, -0.25) is 9.59 Å². The van der Waals surface area contributed by atoms with Crippen LogP contribution in [0, 0.1) is 5.41 Å². The number of carbonyl (C=O) groups is 2. The van der Waals surface area contributed by atoms with Crippen molar-refractivity contribution in [1.29, 1.82) is 0 Å². The van der Waals surface area contributed by atoms with Crippen LogP contribution in [-0.4, -0.2) is 34.5 Å². The molecule has 2 N–H and O–H groups in total. The molecule has 0 heterocycles. The summed E-state index contributed by atoms with van der Waals surface area (Å²) in [6.45, 7) is 4.36. The van der Waals surface area contributed by atoms with Crippen LogP contribution in [0.15, 0.2) is 0 Å². The molecule has 0 bridgehead atoms. The fourth-order valence-electron chi connectivity index (χ4n) is 2.23. The van der Waals surface area contributed by atoms with Gasteiger partial charge in [0, 0.05) is 6.04 Å².